The van der Waals surface area contributed by atoms with Gasteiger partial charge in [-0.3, -0.25) is 14.5 Å². The minimum Gasteiger partial charge on any atom is -0.318 e. The van der Waals surface area contributed by atoms with Crippen LogP contribution in [0.2, 0.25) is 0 Å². The molecule has 8 nitrogen and oxygen atoms in total. The quantitative estimate of drug-likeness (QED) is 0.527. The van der Waals surface area contributed by atoms with E-state index in [0.717, 1.165) is 6.54 Å². The fourth-order valence-electron chi connectivity index (χ4n) is 1.34. The van der Waals surface area contributed by atoms with E-state index in [1.165, 1.54) is 12.4 Å². The van der Waals surface area contributed by atoms with Crippen molar-refractivity contribution in [2.75, 3.05) is 10.7 Å². The summed E-state index contributed by atoms with van der Waals surface area (Å²) in [5, 5.41) is 6.72. The van der Waals surface area contributed by atoms with Crippen LogP contribution in [-0.2, 0) is 6.54 Å². The second-order valence-electron chi connectivity index (χ2n) is 3.47. The summed E-state index contributed by atoms with van der Waals surface area (Å²) in [5.74, 6) is 5.16. The molecule has 0 fully saturated rings. The normalized spacial score (nSPS) is 10.1. The highest BCUT2D eigenvalue weighted by Crippen LogP contribution is 2.07. The van der Waals surface area contributed by atoms with E-state index < -0.39 is 0 Å². The number of amides is 1. The Hall–Kier alpha value is -2.48. The first-order valence-electron chi connectivity index (χ1n) is 5.35. The van der Waals surface area contributed by atoms with E-state index in [0.29, 0.717) is 11.5 Å². The van der Waals surface area contributed by atoms with Crippen LogP contribution >= 0.6 is 0 Å². The maximum Gasteiger partial charge on any atom is 0.276 e. The first-order valence-corrected chi connectivity index (χ1v) is 5.35. The molecule has 2 rings (SSSR count). The van der Waals surface area contributed by atoms with Gasteiger partial charge in [-0.1, -0.05) is 0 Å². The number of hydrazine groups is 1. The molecule has 0 saturated carbocycles. The standard InChI is InChI=1S/C10H13N7O/c1-2-17-6-7(3-13-17)14-10(18)8-4-12-5-9(15-8)16-11/h3-6H,2,11H2,1H3,(H,14,18)(H,15,16). The van der Waals surface area contributed by atoms with Gasteiger partial charge in [-0.25, -0.2) is 10.8 Å². The molecule has 0 radical (unpaired) electrons. The molecule has 0 aliphatic heterocycles. The van der Waals surface area contributed by atoms with E-state index in [1.54, 1.807) is 17.1 Å². The molecule has 2 aromatic heterocycles. The molecule has 0 atom stereocenters. The van der Waals surface area contributed by atoms with Gasteiger partial charge in [0.15, 0.2) is 5.82 Å². The molecule has 4 N–H and O–H groups in total. The molecule has 0 saturated heterocycles. The summed E-state index contributed by atoms with van der Waals surface area (Å²) in [6, 6.07) is 0. The number of nitrogens with two attached hydrogens (primary N) is 1. The summed E-state index contributed by atoms with van der Waals surface area (Å²) < 4.78 is 1.71. The third-order valence-corrected chi connectivity index (χ3v) is 2.23. The van der Waals surface area contributed by atoms with Gasteiger partial charge >= 0.3 is 0 Å². The summed E-state index contributed by atoms with van der Waals surface area (Å²) in [4.78, 5) is 19.7. The van der Waals surface area contributed by atoms with Crippen molar-refractivity contribution < 1.29 is 4.79 Å². The number of aromatic nitrogens is 4. The summed E-state index contributed by atoms with van der Waals surface area (Å²) in [6.07, 6.45) is 6.09. The lowest BCUT2D eigenvalue weighted by Gasteiger charge is -2.03. The minimum atomic E-state index is -0.366. The van der Waals surface area contributed by atoms with Crippen molar-refractivity contribution in [3.63, 3.8) is 0 Å². The SMILES string of the molecule is CCn1cc(NC(=O)c2cncc(NN)n2)cn1. The van der Waals surface area contributed by atoms with Crippen LogP contribution in [0.15, 0.2) is 24.8 Å². The zero-order valence-electron chi connectivity index (χ0n) is 9.79. The minimum absolute atomic E-state index is 0.176. The highest BCUT2D eigenvalue weighted by Gasteiger charge is 2.10. The molecular weight excluding hydrogens is 234 g/mol. The van der Waals surface area contributed by atoms with Crippen molar-refractivity contribution in [2.24, 2.45) is 5.84 Å². The van der Waals surface area contributed by atoms with Gasteiger partial charge in [0, 0.05) is 12.7 Å². The zero-order valence-corrected chi connectivity index (χ0v) is 9.79. The van der Waals surface area contributed by atoms with E-state index in [9.17, 15) is 4.79 Å². The fourth-order valence-corrected chi connectivity index (χ4v) is 1.34. The van der Waals surface area contributed by atoms with Crippen LogP contribution in [0, 0.1) is 0 Å². The van der Waals surface area contributed by atoms with Crippen molar-refractivity contribution in [1.82, 2.24) is 19.7 Å². The Morgan fingerprint density at radius 2 is 2.28 bits per heavy atom. The second kappa shape index (κ2) is 5.23. The van der Waals surface area contributed by atoms with Gasteiger partial charge in [0.25, 0.3) is 5.91 Å². The number of carbonyl (C=O) groups excluding carboxylic acids is 1. The maximum absolute atomic E-state index is 11.9. The number of nitrogens with zero attached hydrogens (tertiary/aromatic N) is 4. The number of rotatable bonds is 4. The number of nitrogen functional groups attached to an aromatic ring is 1. The van der Waals surface area contributed by atoms with Crippen molar-refractivity contribution >= 4 is 17.4 Å². The Balaban J connectivity index is 2.11. The molecule has 0 aromatic carbocycles. The van der Waals surface area contributed by atoms with Gasteiger partial charge in [-0.15, -0.1) is 0 Å². The molecule has 18 heavy (non-hydrogen) atoms. The lowest BCUT2D eigenvalue weighted by atomic mass is 10.4. The van der Waals surface area contributed by atoms with Crippen molar-refractivity contribution in [1.29, 1.82) is 0 Å². The Morgan fingerprint density at radius 3 is 2.94 bits per heavy atom. The molecular formula is C10H13N7O. The van der Waals surface area contributed by atoms with Gasteiger partial charge in [-0.2, -0.15) is 5.10 Å². The number of nitrogens with one attached hydrogen (secondary N) is 2. The Kier molecular flexibility index (Phi) is 3.49. The topological polar surface area (TPSA) is 111 Å². The van der Waals surface area contributed by atoms with E-state index in [-0.39, 0.29) is 11.6 Å². The Bertz CT molecular complexity index is 551. The van der Waals surface area contributed by atoms with Gasteiger partial charge in [0.2, 0.25) is 0 Å². The van der Waals surface area contributed by atoms with Crippen LogP contribution < -0.4 is 16.6 Å². The average Bonchev–Trinajstić information content (AvgIpc) is 2.86. The molecule has 2 aromatic rings. The summed E-state index contributed by atoms with van der Waals surface area (Å²) in [5.41, 5.74) is 3.11. The molecule has 8 heteroatoms. The summed E-state index contributed by atoms with van der Waals surface area (Å²) >= 11 is 0. The summed E-state index contributed by atoms with van der Waals surface area (Å²) in [7, 11) is 0. The smallest absolute Gasteiger partial charge is 0.276 e. The Morgan fingerprint density at radius 1 is 1.44 bits per heavy atom. The number of hydrogen-bond donors (Lipinski definition) is 3. The monoisotopic (exact) mass is 247 g/mol. The third-order valence-electron chi connectivity index (χ3n) is 2.23. The number of carbonyl (C=O) groups is 1. The number of hydrogen-bond acceptors (Lipinski definition) is 6. The van der Waals surface area contributed by atoms with Crippen LogP contribution in [0.1, 0.15) is 17.4 Å². The second-order valence-corrected chi connectivity index (χ2v) is 3.47. The average molecular weight is 247 g/mol. The van der Waals surface area contributed by atoms with Crippen molar-refractivity contribution in [3.05, 3.63) is 30.5 Å². The van der Waals surface area contributed by atoms with Crippen molar-refractivity contribution in [3.8, 4) is 0 Å². The van der Waals surface area contributed by atoms with Gasteiger partial charge < -0.3 is 10.7 Å². The maximum atomic E-state index is 11.9. The van der Waals surface area contributed by atoms with E-state index >= 15 is 0 Å². The molecule has 0 spiro atoms. The van der Waals surface area contributed by atoms with Crippen LogP contribution in [-0.4, -0.2) is 25.7 Å². The van der Waals surface area contributed by atoms with Crippen LogP contribution in [0.25, 0.3) is 0 Å². The predicted octanol–water partition coefficient (Wildman–Crippen LogP) is 0.231. The van der Waals surface area contributed by atoms with Gasteiger partial charge in [0.1, 0.15) is 5.69 Å². The largest absolute Gasteiger partial charge is 0.318 e. The molecule has 1 amide bonds. The number of aryl methyl sites for hydroxylation is 1. The summed E-state index contributed by atoms with van der Waals surface area (Å²) in [6.45, 7) is 2.70. The van der Waals surface area contributed by atoms with Crippen LogP contribution in [0.3, 0.4) is 0 Å². The van der Waals surface area contributed by atoms with E-state index in [2.05, 4.69) is 25.8 Å². The highest BCUT2D eigenvalue weighted by molar-refractivity contribution is 6.02. The highest BCUT2D eigenvalue weighted by atomic mass is 16.1. The Labute approximate surface area is 103 Å². The van der Waals surface area contributed by atoms with Crippen LogP contribution in [0.5, 0.6) is 0 Å². The van der Waals surface area contributed by atoms with Crippen molar-refractivity contribution in [2.45, 2.75) is 13.5 Å². The lowest BCUT2D eigenvalue weighted by Crippen LogP contribution is -2.16. The zero-order chi connectivity index (χ0) is 13.0. The van der Waals surface area contributed by atoms with E-state index in [1.807, 2.05) is 6.92 Å². The number of anilines is 2. The van der Waals surface area contributed by atoms with E-state index in [4.69, 9.17) is 5.84 Å². The molecule has 2 heterocycles. The van der Waals surface area contributed by atoms with Gasteiger partial charge in [-0.05, 0) is 6.92 Å². The fraction of sp³-hybridized carbons (Fsp3) is 0.200. The molecule has 0 aliphatic rings. The molecule has 94 valence electrons. The molecule has 0 bridgehead atoms. The van der Waals surface area contributed by atoms with Gasteiger partial charge in [0.05, 0.1) is 24.3 Å². The van der Waals surface area contributed by atoms with Crippen LogP contribution in [0.4, 0.5) is 11.5 Å². The first-order chi connectivity index (χ1) is 8.72. The molecule has 0 aliphatic carbocycles. The third kappa shape index (κ3) is 2.61. The molecule has 0 unspecified atom stereocenters. The first kappa shape index (κ1) is 12.0. The lowest BCUT2D eigenvalue weighted by molar-refractivity contribution is 0.102. The predicted molar refractivity (Wildman–Crippen MR) is 65.7 cm³/mol.